The predicted octanol–water partition coefficient (Wildman–Crippen LogP) is 1.24. The van der Waals surface area contributed by atoms with Crippen molar-refractivity contribution in [3.8, 4) is 0 Å². The number of hydrogen-bond acceptors (Lipinski definition) is 6. The van der Waals surface area contributed by atoms with Crippen molar-refractivity contribution in [3.63, 3.8) is 0 Å². The molecule has 0 unspecified atom stereocenters. The molecule has 0 saturated carbocycles. The van der Waals surface area contributed by atoms with Crippen LogP contribution in [-0.4, -0.2) is 37.6 Å². The van der Waals surface area contributed by atoms with Gasteiger partial charge in [-0.2, -0.15) is 0 Å². The van der Waals surface area contributed by atoms with Crippen LogP contribution >= 0.6 is 11.3 Å². The van der Waals surface area contributed by atoms with Crippen LogP contribution in [0.1, 0.15) is 53.0 Å². The monoisotopic (exact) mass is 332 g/mol. The van der Waals surface area contributed by atoms with E-state index in [1.807, 2.05) is 0 Å². The van der Waals surface area contributed by atoms with Crippen LogP contribution in [0.3, 0.4) is 0 Å². The quantitative estimate of drug-likeness (QED) is 0.910. The standard InChI is InChI=1S/C15H20N6OS/c22-15(10-4-1-2-9-21-14(10)18-19-20-21)16-8-7-13-17-11-5-3-6-12(11)23-13/h10H,1-9H2,(H,16,22)/t10-/m0/s1. The van der Waals surface area contributed by atoms with Gasteiger partial charge in [-0.15, -0.1) is 16.4 Å². The molecule has 0 spiro atoms. The molecule has 23 heavy (non-hydrogen) atoms. The Labute approximate surface area is 138 Å². The van der Waals surface area contributed by atoms with E-state index < -0.39 is 0 Å². The van der Waals surface area contributed by atoms with E-state index in [9.17, 15) is 4.79 Å². The Morgan fingerprint density at radius 1 is 1.30 bits per heavy atom. The fraction of sp³-hybridized carbons (Fsp3) is 0.667. The second kappa shape index (κ2) is 6.35. The highest BCUT2D eigenvalue weighted by atomic mass is 32.1. The van der Waals surface area contributed by atoms with Crippen molar-refractivity contribution in [2.45, 2.75) is 57.4 Å². The van der Waals surface area contributed by atoms with Crippen molar-refractivity contribution < 1.29 is 4.79 Å². The molecule has 0 bridgehead atoms. The zero-order valence-corrected chi connectivity index (χ0v) is 13.8. The number of nitrogens with zero attached hydrogens (tertiary/aromatic N) is 5. The Morgan fingerprint density at radius 2 is 2.26 bits per heavy atom. The Hall–Kier alpha value is -1.83. The van der Waals surface area contributed by atoms with Crippen LogP contribution in [0.25, 0.3) is 0 Å². The average molecular weight is 332 g/mol. The third-order valence-corrected chi connectivity index (χ3v) is 5.80. The second-order valence-corrected chi connectivity index (χ2v) is 7.35. The summed E-state index contributed by atoms with van der Waals surface area (Å²) in [7, 11) is 0. The molecular formula is C15H20N6OS. The number of fused-ring (bicyclic) bond motifs is 2. The van der Waals surface area contributed by atoms with Crippen molar-refractivity contribution in [1.82, 2.24) is 30.5 Å². The zero-order chi connectivity index (χ0) is 15.6. The fourth-order valence-corrected chi connectivity index (χ4v) is 4.53. The Bertz CT molecular complexity index is 687. The minimum atomic E-state index is -0.228. The van der Waals surface area contributed by atoms with Gasteiger partial charge in [-0.05, 0) is 42.5 Å². The first-order valence-corrected chi connectivity index (χ1v) is 9.14. The maximum atomic E-state index is 12.5. The predicted molar refractivity (Wildman–Crippen MR) is 85.3 cm³/mol. The first-order valence-electron chi connectivity index (χ1n) is 8.32. The number of thiazole rings is 1. The van der Waals surface area contributed by atoms with Gasteiger partial charge in [0.25, 0.3) is 0 Å². The lowest BCUT2D eigenvalue weighted by atomic mass is 10.0. The van der Waals surface area contributed by atoms with E-state index in [0.717, 1.165) is 43.7 Å². The summed E-state index contributed by atoms with van der Waals surface area (Å²) in [6.45, 7) is 1.43. The number of nitrogens with one attached hydrogen (secondary N) is 1. The molecule has 4 rings (SSSR count). The number of amides is 1. The van der Waals surface area contributed by atoms with Gasteiger partial charge in [0.2, 0.25) is 5.91 Å². The Balaban J connectivity index is 1.35. The topological polar surface area (TPSA) is 85.6 Å². The number of aryl methyl sites for hydroxylation is 3. The summed E-state index contributed by atoms with van der Waals surface area (Å²) in [5.41, 5.74) is 1.28. The van der Waals surface area contributed by atoms with E-state index in [0.29, 0.717) is 12.4 Å². The van der Waals surface area contributed by atoms with Crippen LogP contribution in [0.15, 0.2) is 0 Å². The number of carbonyl (C=O) groups is 1. The van der Waals surface area contributed by atoms with E-state index in [1.54, 1.807) is 16.0 Å². The van der Waals surface area contributed by atoms with Gasteiger partial charge >= 0.3 is 0 Å². The maximum absolute atomic E-state index is 12.5. The largest absolute Gasteiger partial charge is 0.355 e. The molecule has 7 nitrogen and oxygen atoms in total. The van der Waals surface area contributed by atoms with Crippen molar-refractivity contribution >= 4 is 17.2 Å². The highest BCUT2D eigenvalue weighted by Crippen LogP contribution is 2.28. The molecule has 1 N–H and O–H groups in total. The number of hydrogen-bond donors (Lipinski definition) is 1. The first-order chi connectivity index (χ1) is 11.3. The fourth-order valence-electron chi connectivity index (χ4n) is 3.37. The molecule has 1 atom stereocenters. The van der Waals surface area contributed by atoms with E-state index in [4.69, 9.17) is 0 Å². The van der Waals surface area contributed by atoms with Crippen molar-refractivity contribution in [2.75, 3.05) is 6.54 Å². The van der Waals surface area contributed by atoms with Crippen LogP contribution < -0.4 is 5.32 Å². The minimum absolute atomic E-state index is 0.0343. The summed E-state index contributed by atoms with van der Waals surface area (Å²) in [6.07, 6.45) is 7.18. The zero-order valence-electron chi connectivity index (χ0n) is 13.0. The molecule has 8 heteroatoms. The van der Waals surface area contributed by atoms with Crippen molar-refractivity contribution in [3.05, 3.63) is 21.4 Å². The maximum Gasteiger partial charge on any atom is 0.230 e. The number of rotatable bonds is 4. The molecule has 0 saturated heterocycles. The summed E-state index contributed by atoms with van der Waals surface area (Å²) in [4.78, 5) is 18.6. The summed E-state index contributed by atoms with van der Waals surface area (Å²) in [6, 6.07) is 0. The van der Waals surface area contributed by atoms with Gasteiger partial charge in [0.15, 0.2) is 5.82 Å². The van der Waals surface area contributed by atoms with Crippen molar-refractivity contribution in [2.24, 2.45) is 0 Å². The third kappa shape index (κ3) is 2.99. The van der Waals surface area contributed by atoms with Crippen LogP contribution in [-0.2, 0) is 30.6 Å². The summed E-state index contributed by atoms with van der Waals surface area (Å²) >= 11 is 1.80. The summed E-state index contributed by atoms with van der Waals surface area (Å²) in [5, 5.41) is 15.9. The van der Waals surface area contributed by atoms with Gasteiger partial charge in [-0.25, -0.2) is 9.67 Å². The van der Waals surface area contributed by atoms with Crippen LogP contribution in [0.4, 0.5) is 0 Å². The van der Waals surface area contributed by atoms with E-state index in [-0.39, 0.29) is 11.8 Å². The second-order valence-electron chi connectivity index (χ2n) is 6.18. The molecule has 1 aliphatic heterocycles. The molecule has 122 valence electrons. The van der Waals surface area contributed by atoms with E-state index >= 15 is 0 Å². The lowest BCUT2D eigenvalue weighted by molar-refractivity contribution is -0.122. The van der Waals surface area contributed by atoms with Gasteiger partial charge in [-0.1, -0.05) is 6.42 Å². The molecule has 1 amide bonds. The number of aromatic nitrogens is 5. The molecule has 3 heterocycles. The SMILES string of the molecule is O=C(NCCc1nc2c(s1)CCC2)[C@H]1CCCCn2nnnc21. The lowest BCUT2D eigenvalue weighted by Gasteiger charge is -2.12. The molecule has 0 aromatic carbocycles. The highest BCUT2D eigenvalue weighted by Gasteiger charge is 2.28. The number of tetrazole rings is 1. The normalized spacial score (nSPS) is 19.9. The van der Waals surface area contributed by atoms with Gasteiger partial charge in [0.05, 0.1) is 16.6 Å². The average Bonchev–Trinajstić information content (AvgIpc) is 3.21. The molecule has 2 aliphatic rings. The third-order valence-electron chi connectivity index (χ3n) is 4.58. The molecule has 0 fully saturated rings. The van der Waals surface area contributed by atoms with Gasteiger partial charge < -0.3 is 5.32 Å². The number of carbonyl (C=O) groups excluding carboxylic acids is 1. The molecule has 2 aromatic heterocycles. The minimum Gasteiger partial charge on any atom is -0.355 e. The lowest BCUT2D eigenvalue weighted by Crippen LogP contribution is -2.32. The highest BCUT2D eigenvalue weighted by molar-refractivity contribution is 7.11. The first kappa shape index (κ1) is 14.7. The smallest absolute Gasteiger partial charge is 0.230 e. The van der Waals surface area contributed by atoms with Crippen LogP contribution in [0, 0.1) is 0 Å². The van der Waals surface area contributed by atoms with Crippen molar-refractivity contribution in [1.29, 1.82) is 0 Å². The molecular weight excluding hydrogens is 312 g/mol. The summed E-state index contributed by atoms with van der Waals surface area (Å²) in [5.74, 6) is 0.508. The van der Waals surface area contributed by atoms with Crippen LogP contribution in [0.2, 0.25) is 0 Å². The Kier molecular flexibility index (Phi) is 4.07. The van der Waals surface area contributed by atoms with Gasteiger partial charge in [0.1, 0.15) is 0 Å². The summed E-state index contributed by atoms with van der Waals surface area (Å²) < 4.78 is 1.77. The van der Waals surface area contributed by atoms with E-state index in [2.05, 4.69) is 25.8 Å². The molecule has 1 aliphatic carbocycles. The Morgan fingerprint density at radius 3 is 3.17 bits per heavy atom. The van der Waals surface area contributed by atoms with Gasteiger partial charge in [0, 0.05) is 24.4 Å². The molecule has 2 aromatic rings. The van der Waals surface area contributed by atoms with Crippen LogP contribution in [0.5, 0.6) is 0 Å². The van der Waals surface area contributed by atoms with E-state index in [1.165, 1.54) is 23.4 Å². The van der Waals surface area contributed by atoms with Gasteiger partial charge in [-0.3, -0.25) is 4.79 Å². The molecule has 0 radical (unpaired) electrons.